The molecule has 0 saturated carbocycles. The number of carbonyl (C=O) groups excluding carboxylic acids is 4. The maximum atomic E-state index is 14.5. The fourth-order valence-corrected chi connectivity index (χ4v) is 8.54. The molecule has 1 aliphatic rings. The number of ether oxygens (including phenoxy) is 2. The molecule has 324 valence electrons. The Hall–Kier alpha value is -3.91. The van der Waals surface area contributed by atoms with Gasteiger partial charge in [0.05, 0.1) is 54.8 Å². The molecule has 1 fully saturated rings. The van der Waals surface area contributed by atoms with Gasteiger partial charge in [0.15, 0.2) is 0 Å². The van der Waals surface area contributed by atoms with Gasteiger partial charge in [-0.25, -0.2) is 0 Å². The Labute approximate surface area is 347 Å². The predicted octanol–water partition coefficient (Wildman–Crippen LogP) is 4.84. The molecular formula is C45H72N6O7. The lowest BCUT2D eigenvalue weighted by molar-refractivity contribution is -0.148. The Bertz CT molecular complexity index is 1580. The summed E-state index contributed by atoms with van der Waals surface area (Å²) in [6, 6.07) is 10.4. The molecule has 0 bridgehead atoms. The number of carbonyl (C=O) groups is 4. The molecule has 1 aromatic carbocycles. The molecule has 10 atom stereocenters. The minimum atomic E-state index is -0.883. The van der Waals surface area contributed by atoms with Gasteiger partial charge in [-0.1, -0.05) is 85.2 Å². The van der Waals surface area contributed by atoms with Gasteiger partial charge in [0.25, 0.3) is 0 Å². The highest BCUT2D eigenvalue weighted by atomic mass is 16.5. The van der Waals surface area contributed by atoms with Gasteiger partial charge >= 0.3 is 0 Å². The van der Waals surface area contributed by atoms with Crippen LogP contribution in [0.25, 0.3) is 0 Å². The lowest BCUT2D eigenvalue weighted by Gasteiger charge is -2.41. The third-order valence-corrected chi connectivity index (χ3v) is 12.0. The molecule has 2 heterocycles. The fraction of sp³-hybridized carbons (Fsp3) is 0.667. The number of aliphatic hydroxyl groups is 1. The predicted molar refractivity (Wildman–Crippen MR) is 226 cm³/mol. The standard InChI is InChI=1S/C45H72N6O7/c1-13-30(6)40(50(10)45(56)38(28(2)3)48-44(55)39(29(4)5)49(9)27-33-21-23-46-24-22-33)36(57-11)26-37(52)51-25-17-20-35(51)42(58-12)31(7)43(54)47-32(8)41(53)34-18-15-14-16-19-34/h14-16,18-19,21-24,28-32,35-36,38-42,53H,13,17,20,25-27H2,1-12H3,(H,47,54)(H,48,55)/t30-,31+,32+,35?,36+,38?,39?,40-,41+,42+/m0/s1. The second kappa shape index (κ2) is 23.0. The fourth-order valence-electron chi connectivity index (χ4n) is 8.54. The van der Waals surface area contributed by atoms with Gasteiger partial charge in [-0.15, -0.1) is 0 Å². The summed E-state index contributed by atoms with van der Waals surface area (Å²) in [6.07, 6.45) is 3.52. The molecule has 1 aliphatic heterocycles. The number of methoxy groups -OCH3 is 2. The second-order valence-electron chi connectivity index (χ2n) is 16.9. The van der Waals surface area contributed by atoms with E-state index in [2.05, 4.69) is 15.6 Å². The van der Waals surface area contributed by atoms with E-state index in [9.17, 15) is 24.3 Å². The minimum Gasteiger partial charge on any atom is -0.386 e. The molecule has 0 aliphatic carbocycles. The van der Waals surface area contributed by atoms with E-state index < -0.39 is 48.4 Å². The van der Waals surface area contributed by atoms with Crippen molar-refractivity contribution in [1.29, 1.82) is 0 Å². The number of rotatable bonds is 22. The van der Waals surface area contributed by atoms with E-state index in [-0.39, 0.29) is 53.8 Å². The van der Waals surface area contributed by atoms with Crippen molar-refractivity contribution in [2.24, 2.45) is 23.7 Å². The zero-order valence-corrected chi connectivity index (χ0v) is 37.1. The number of pyridine rings is 1. The van der Waals surface area contributed by atoms with Crippen LogP contribution in [0.1, 0.15) is 98.3 Å². The van der Waals surface area contributed by atoms with Crippen LogP contribution >= 0.6 is 0 Å². The first-order valence-electron chi connectivity index (χ1n) is 21.0. The molecule has 3 N–H and O–H groups in total. The number of likely N-dealkylation sites (tertiary alicyclic amines) is 1. The third-order valence-electron chi connectivity index (χ3n) is 12.0. The molecular weight excluding hydrogens is 737 g/mol. The van der Waals surface area contributed by atoms with E-state index >= 15 is 0 Å². The number of amides is 4. The first kappa shape index (κ1) is 48.5. The quantitative estimate of drug-likeness (QED) is 0.152. The highest BCUT2D eigenvalue weighted by molar-refractivity contribution is 5.90. The van der Waals surface area contributed by atoms with Gasteiger partial charge < -0.3 is 35.0 Å². The van der Waals surface area contributed by atoms with E-state index in [0.717, 1.165) is 18.4 Å². The topological polar surface area (TPSA) is 154 Å². The van der Waals surface area contributed by atoms with Crippen molar-refractivity contribution >= 4 is 23.6 Å². The van der Waals surface area contributed by atoms with Crippen molar-refractivity contribution in [2.75, 3.05) is 34.9 Å². The Balaban J connectivity index is 1.76. The van der Waals surface area contributed by atoms with Crippen molar-refractivity contribution in [3.05, 3.63) is 66.0 Å². The van der Waals surface area contributed by atoms with Gasteiger partial charge in [0, 0.05) is 46.8 Å². The highest BCUT2D eigenvalue weighted by Gasteiger charge is 2.43. The Morgan fingerprint density at radius 2 is 1.53 bits per heavy atom. The van der Waals surface area contributed by atoms with Gasteiger partial charge in [0.2, 0.25) is 23.6 Å². The summed E-state index contributed by atoms with van der Waals surface area (Å²) in [5.74, 6) is -1.76. The normalized spacial score (nSPS) is 19.2. The van der Waals surface area contributed by atoms with Crippen LogP contribution < -0.4 is 10.6 Å². The van der Waals surface area contributed by atoms with Gasteiger partial charge in [-0.3, -0.25) is 29.1 Å². The molecule has 13 nitrogen and oxygen atoms in total. The van der Waals surface area contributed by atoms with E-state index in [1.807, 2.05) is 96.0 Å². The van der Waals surface area contributed by atoms with Crippen molar-refractivity contribution in [1.82, 2.24) is 30.3 Å². The molecule has 0 spiro atoms. The Morgan fingerprint density at radius 3 is 2.09 bits per heavy atom. The summed E-state index contributed by atoms with van der Waals surface area (Å²) in [5.41, 5.74) is 1.74. The highest BCUT2D eigenvalue weighted by Crippen LogP contribution is 2.30. The van der Waals surface area contributed by atoms with E-state index in [0.29, 0.717) is 25.1 Å². The number of likely N-dealkylation sites (N-methyl/N-ethyl adjacent to an activating group) is 2. The van der Waals surface area contributed by atoms with E-state index in [1.165, 1.54) is 0 Å². The van der Waals surface area contributed by atoms with Gasteiger partial charge in [-0.05, 0) is 67.8 Å². The molecule has 4 amide bonds. The number of benzene rings is 1. The molecule has 3 unspecified atom stereocenters. The zero-order valence-electron chi connectivity index (χ0n) is 37.1. The molecule has 2 aromatic rings. The summed E-state index contributed by atoms with van der Waals surface area (Å²) in [7, 11) is 6.77. The molecule has 1 aromatic heterocycles. The van der Waals surface area contributed by atoms with E-state index in [4.69, 9.17) is 9.47 Å². The third kappa shape index (κ3) is 12.5. The maximum Gasteiger partial charge on any atom is 0.245 e. The molecule has 13 heteroatoms. The Morgan fingerprint density at radius 1 is 0.897 bits per heavy atom. The summed E-state index contributed by atoms with van der Waals surface area (Å²) in [6.45, 7) is 16.5. The van der Waals surface area contributed by atoms with Crippen LogP contribution in [0.3, 0.4) is 0 Å². The number of hydrogen-bond acceptors (Lipinski definition) is 9. The lowest BCUT2D eigenvalue weighted by Crippen LogP contribution is -2.60. The van der Waals surface area contributed by atoms with Crippen LogP contribution in [-0.4, -0.2) is 126 Å². The zero-order chi connectivity index (χ0) is 43.3. The summed E-state index contributed by atoms with van der Waals surface area (Å²) in [4.78, 5) is 65.9. The minimum absolute atomic E-state index is 0.0187. The number of aliphatic hydroxyl groups excluding tert-OH is 1. The average molecular weight is 809 g/mol. The second-order valence-corrected chi connectivity index (χ2v) is 16.9. The summed E-state index contributed by atoms with van der Waals surface area (Å²) in [5, 5.41) is 16.9. The summed E-state index contributed by atoms with van der Waals surface area (Å²) < 4.78 is 12.0. The number of nitrogens with zero attached hydrogens (tertiary/aromatic N) is 4. The van der Waals surface area contributed by atoms with Crippen molar-refractivity contribution in [3.8, 4) is 0 Å². The van der Waals surface area contributed by atoms with E-state index in [1.54, 1.807) is 57.3 Å². The van der Waals surface area contributed by atoms with Crippen molar-refractivity contribution in [3.63, 3.8) is 0 Å². The van der Waals surface area contributed by atoms with Crippen molar-refractivity contribution < 1.29 is 33.8 Å². The number of nitrogens with one attached hydrogen (secondary N) is 2. The first-order valence-corrected chi connectivity index (χ1v) is 21.0. The molecule has 1 saturated heterocycles. The lowest BCUT2D eigenvalue weighted by atomic mass is 9.89. The smallest absolute Gasteiger partial charge is 0.245 e. The monoisotopic (exact) mass is 809 g/mol. The van der Waals surface area contributed by atoms with Gasteiger partial charge in [0.1, 0.15) is 6.04 Å². The molecule has 58 heavy (non-hydrogen) atoms. The van der Waals surface area contributed by atoms with Gasteiger partial charge in [-0.2, -0.15) is 0 Å². The molecule has 0 radical (unpaired) electrons. The SMILES string of the molecule is CC[C@H](C)[C@@H]([C@@H](CC(=O)N1CCCC1[C@H](OC)[C@@H](C)C(=O)N[C@H](C)[C@@H](O)c1ccccc1)OC)N(C)C(=O)C(NC(=O)C(C(C)C)N(C)Cc1ccncc1)C(C)C. The van der Waals surface area contributed by atoms with Crippen LogP contribution in [0.15, 0.2) is 54.9 Å². The largest absolute Gasteiger partial charge is 0.386 e. The van der Waals surface area contributed by atoms with Crippen LogP contribution in [-0.2, 0) is 35.2 Å². The van der Waals surface area contributed by atoms with Crippen LogP contribution in [0.4, 0.5) is 0 Å². The summed E-state index contributed by atoms with van der Waals surface area (Å²) >= 11 is 0. The van der Waals surface area contributed by atoms with Crippen LogP contribution in [0.5, 0.6) is 0 Å². The Kier molecular flexibility index (Phi) is 19.2. The number of hydrogen-bond donors (Lipinski definition) is 3. The maximum absolute atomic E-state index is 14.5. The average Bonchev–Trinajstić information content (AvgIpc) is 3.69. The first-order chi connectivity index (χ1) is 27.5. The van der Waals surface area contributed by atoms with Crippen molar-refractivity contribution in [2.45, 2.75) is 136 Å². The number of aromatic nitrogens is 1. The van der Waals surface area contributed by atoms with Crippen LogP contribution in [0, 0.1) is 23.7 Å². The molecule has 3 rings (SSSR count). The van der Waals surface area contributed by atoms with Crippen LogP contribution in [0.2, 0.25) is 0 Å².